The molecule has 2 aliphatic heterocycles. The number of likely N-dealkylation sites (tertiary alicyclic amines) is 1. The molecule has 2 amide bonds. The lowest BCUT2D eigenvalue weighted by atomic mass is 9.98. The summed E-state index contributed by atoms with van der Waals surface area (Å²) in [5, 5.41) is 12.5. The quantitative estimate of drug-likeness (QED) is 0.454. The standard InChI is InChI=1S/C27H38N2O6/c30-17-24-13-9-15-29(24)25(31)16-22-12-7-2-1-3-8-14-26(32)35-20-23(28-27(22)33)19-34-18-21-10-5-4-6-11-21/h2,4-7,10-11,22-24,30H,1,3,8-9,12-20H2,(H,28,33)/t22-,23+,24+/m1/s1. The van der Waals surface area contributed by atoms with E-state index in [-0.39, 0.29) is 50.1 Å². The Morgan fingerprint density at radius 1 is 1.14 bits per heavy atom. The molecule has 3 atom stereocenters. The number of benzene rings is 1. The number of hydrogen-bond acceptors (Lipinski definition) is 6. The van der Waals surface area contributed by atoms with Crippen molar-refractivity contribution in [2.75, 3.05) is 26.4 Å². The van der Waals surface area contributed by atoms with Crippen molar-refractivity contribution in [3.8, 4) is 0 Å². The summed E-state index contributed by atoms with van der Waals surface area (Å²) in [4.78, 5) is 40.0. The Hall–Kier alpha value is -2.71. The molecule has 2 heterocycles. The van der Waals surface area contributed by atoms with Gasteiger partial charge in [0.25, 0.3) is 0 Å². The SMILES string of the molecule is O=C1CCCCC=CC[C@H](CC(=O)N2CCC[C@H]2CO)C(=O)N[C@@H](COCc2ccccc2)CO1. The van der Waals surface area contributed by atoms with Gasteiger partial charge in [-0.2, -0.15) is 0 Å². The molecule has 1 fully saturated rings. The number of cyclic esters (lactones) is 1. The summed E-state index contributed by atoms with van der Waals surface area (Å²) in [6, 6.07) is 9.02. The summed E-state index contributed by atoms with van der Waals surface area (Å²) in [6.07, 6.45) is 8.89. The van der Waals surface area contributed by atoms with Gasteiger partial charge in [0.15, 0.2) is 0 Å². The zero-order chi connectivity index (χ0) is 24.9. The maximum Gasteiger partial charge on any atom is 0.305 e. The van der Waals surface area contributed by atoms with Crippen LogP contribution in [-0.4, -0.2) is 66.2 Å². The van der Waals surface area contributed by atoms with Gasteiger partial charge in [-0.3, -0.25) is 14.4 Å². The van der Waals surface area contributed by atoms with Gasteiger partial charge in [-0.15, -0.1) is 0 Å². The number of amides is 2. The van der Waals surface area contributed by atoms with Gasteiger partial charge in [-0.25, -0.2) is 0 Å². The summed E-state index contributed by atoms with van der Waals surface area (Å²) in [5.74, 6) is -1.21. The fraction of sp³-hybridized carbons (Fsp3) is 0.593. The predicted molar refractivity (Wildman–Crippen MR) is 131 cm³/mol. The molecule has 35 heavy (non-hydrogen) atoms. The number of ether oxygens (including phenoxy) is 2. The number of aliphatic hydroxyl groups excluding tert-OH is 1. The normalized spacial score (nSPS) is 24.5. The van der Waals surface area contributed by atoms with Crippen molar-refractivity contribution in [3.05, 3.63) is 48.0 Å². The third-order valence-corrected chi connectivity index (χ3v) is 6.51. The molecule has 1 saturated heterocycles. The van der Waals surface area contributed by atoms with Crippen molar-refractivity contribution in [2.24, 2.45) is 5.92 Å². The third kappa shape index (κ3) is 9.11. The zero-order valence-corrected chi connectivity index (χ0v) is 20.4. The molecular formula is C27H38N2O6. The van der Waals surface area contributed by atoms with Crippen molar-refractivity contribution in [3.63, 3.8) is 0 Å². The molecule has 0 bridgehead atoms. The minimum atomic E-state index is -0.547. The van der Waals surface area contributed by atoms with E-state index in [2.05, 4.69) is 5.32 Å². The summed E-state index contributed by atoms with van der Waals surface area (Å²) in [6.45, 7) is 1.13. The topological polar surface area (TPSA) is 105 Å². The molecule has 1 aromatic rings. The molecule has 8 nitrogen and oxygen atoms in total. The number of carbonyl (C=O) groups excluding carboxylic acids is 3. The van der Waals surface area contributed by atoms with Crippen molar-refractivity contribution >= 4 is 17.8 Å². The zero-order valence-electron chi connectivity index (χ0n) is 20.4. The van der Waals surface area contributed by atoms with Crippen molar-refractivity contribution in [1.29, 1.82) is 0 Å². The fourth-order valence-corrected chi connectivity index (χ4v) is 4.48. The van der Waals surface area contributed by atoms with E-state index in [0.29, 0.717) is 26.0 Å². The van der Waals surface area contributed by atoms with Gasteiger partial charge in [-0.05, 0) is 44.1 Å². The lowest BCUT2D eigenvalue weighted by molar-refractivity contribution is -0.146. The second kappa shape index (κ2) is 14.6. The molecule has 0 radical (unpaired) electrons. The van der Waals surface area contributed by atoms with Gasteiger partial charge < -0.3 is 24.8 Å². The molecule has 0 aromatic heterocycles. The second-order valence-corrected chi connectivity index (χ2v) is 9.31. The molecule has 2 N–H and O–H groups in total. The second-order valence-electron chi connectivity index (χ2n) is 9.31. The number of aliphatic hydroxyl groups is 1. The van der Waals surface area contributed by atoms with Crippen LogP contribution in [-0.2, 0) is 30.5 Å². The first kappa shape index (κ1) is 26.9. The predicted octanol–water partition coefficient (Wildman–Crippen LogP) is 2.74. The number of nitrogens with zero attached hydrogens (tertiary/aromatic N) is 1. The summed E-state index contributed by atoms with van der Waals surface area (Å²) < 4.78 is 11.2. The highest BCUT2D eigenvalue weighted by atomic mass is 16.5. The monoisotopic (exact) mass is 486 g/mol. The van der Waals surface area contributed by atoms with Crippen LogP contribution in [0.15, 0.2) is 42.5 Å². The van der Waals surface area contributed by atoms with Gasteiger partial charge in [0.1, 0.15) is 6.61 Å². The van der Waals surface area contributed by atoms with E-state index in [9.17, 15) is 19.5 Å². The van der Waals surface area contributed by atoms with E-state index in [1.54, 1.807) is 4.90 Å². The number of rotatable bonds is 7. The first-order valence-electron chi connectivity index (χ1n) is 12.7. The fourth-order valence-electron chi connectivity index (χ4n) is 4.48. The molecule has 0 aliphatic carbocycles. The smallest absolute Gasteiger partial charge is 0.305 e. The summed E-state index contributed by atoms with van der Waals surface area (Å²) in [5.41, 5.74) is 1.01. The van der Waals surface area contributed by atoms with Crippen LogP contribution in [0.4, 0.5) is 0 Å². The van der Waals surface area contributed by atoms with Crippen LogP contribution in [0.5, 0.6) is 0 Å². The molecule has 8 heteroatoms. The highest BCUT2D eigenvalue weighted by molar-refractivity contribution is 5.86. The Morgan fingerprint density at radius 3 is 2.77 bits per heavy atom. The minimum Gasteiger partial charge on any atom is -0.463 e. The molecule has 0 unspecified atom stereocenters. The minimum absolute atomic E-state index is 0.0224. The van der Waals surface area contributed by atoms with Crippen LogP contribution in [0, 0.1) is 5.92 Å². The van der Waals surface area contributed by atoms with Crippen LogP contribution in [0.2, 0.25) is 0 Å². The van der Waals surface area contributed by atoms with Crippen molar-refractivity contribution < 1.29 is 29.0 Å². The summed E-state index contributed by atoms with van der Waals surface area (Å²) >= 11 is 0. The Labute approximate surface area is 207 Å². The maximum atomic E-state index is 13.2. The Balaban J connectivity index is 1.65. The number of allylic oxidation sites excluding steroid dienone is 2. The van der Waals surface area contributed by atoms with E-state index in [1.165, 1.54) is 0 Å². The molecular weight excluding hydrogens is 448 g/mol. The van der Waals surface area contributed by atoms with Crippen LogP contribution in [0.25, 0.3) is 0 Å². The molecule has 0 saturated carbocycles. The Morgan fingerprint density at radius 2 is 1.97 bits per heavy atom. The molecule has 2 aliphatic rings. The first-order valence-corrected chi connectivity index (χ1v) is 12.7. The lowest BCUT2D eigenvalue weighted by Gasteiger charge is -2.26. The maximum absolute atomic E-state index is 13.2. The van der Waals surface area contributed by atoms with E-state index in [4.69, 9.17) is 9.47 Å². The van der Waals surface area contributed by atoms with Crippen LogP contribution in [0.1, 0.15) is 56.9 Å². The van der Waals surface area contributed by atoms with Gasteiger partial charge in [0.05, 0.1) is 37.8 Å². The Bertz CT molecular complexity index is 843. The molecule has 0 spiro atoms. The largest absolute Gasteiger partial charge is 0.463 e. The van der Waals surface area contributed by atoms with E-state index in [0.717, 1.165) is 37.7 Å². The summed E-state index contributed by atoms with van der Waals surface area (Å²) in [7, 11) is 0. The van der Waals surface area contributed by atoms with Crippen LogP contribution >= 0.6 is 0 Å². The number of nitrogens with one attached hydrogen (secondary N) is 1. The molecule has 3 rings (SSSR count). The van der Waals surface area contributed by atoms with Crippen LogP contribution in [0.3, 0.4) is 0 Å². The first-order chi connectivity index (χ1) is 17.1. The highest BCUT2D eigenvalue weighted by Gasteiger charge is 2.31. The van der Waals surface area contributed by atoms with Gasteiger partial charge >= 0.3 is 5.97 Å². The van der Waals surface area contributed by atoms with Crippen molar-refractivity contribution in [2.45, 2.75) is 70.1 Å². The highest BCUT2D eigenvalue weighted by Crippen LogP contribution is 2.21. The van der Waals surface area contributed by atoms with Crippen molar-refractivity contribution in [1.82, 2.24) is 10.2 Å². The number of carbonyl (C=O) groups is 3. The average molecular weight is 487 g/mol. The van der Waals surface area contributed by atoms with Gasteiger partial charge in [0.2, 0.25) is 11.8 Å². The van der Waals surface area contributed by atoms with Gasteiger partial charge in [-0.1, -0.05) is 42.5 Å². The molecule has 1 aromatic carbocycles. The molecule has 192 valence electrons. The lowest BCUT2D eigenvalue weighted by Crippen LogP contribution is -2.46. The van der Waals surface area contributed by atoms with E-state index in [1.807, 2.05) is 42.5 Å². The van der Waals surface area contributed by atoms with E-state index < -0.39 is 12.0 Å². The van der Waals surface area contributed by atoms with E-state index >= 15 is 0 Å². The Kier molecular flexibility index (Phi) is 11.2. The number of hydrogen-bond donors (Lipinski definition) is 2. The average Bonchev–Trinajstić information content (AvgIpc) is 3.35. The van der Waals surface area contributed by atoms with Crippen LogP contribution < -0.4 is 5.32 Å². The number of esters is 1. The third-order valence-electron chi connectivity index (χ3n) is 6.51. The van der Waals surface area contributed by atoms with Gasteiger partial charge in [0, 0.05) is 19.4 Å².